The number of halogens is 1. The molecule has 80 valence electrons. The highest BCUT2D eigenvalue weighted by Crippen LogP contribution is 2.40. The van der Waals surface area contributed by atoms with Gasteiger partial charge in [0.25, 0.3) is 5.79 Å². The van der Waals surface area contributed by atoms with Gasteiger partial charge in [-0.25, -0.2) is 4.39 Å². The molecule has 0 spiro atoms. The number of nitrogens with one attached hydrogen (secondary N) is 1. The van der Waals surface area contributed by atoms with Gasteiger partial charge in [0.05, 0.1) is 5.69 Å². The van der Waals surface area contributed by atoms with E-state index in [1.807, 2.05) is 0 Å². The first-order valence-electron chi connectivity index (χ1n) is 4.70. The van der Waals surface area contributed by atoms with Gasteiger partial charge in [-0.05, 0) is 26.0 Å². The van der Waals surface area contributed by atoms with Crippen LogP contribution in [-0.4, -0.2) is 17.7 Å². The van der Waals surface area contributed by atoms with Crippen LogP contribution in [0.1, 0.15) is 13.8 Å². The van der Waals surface area contributed by atoms with E-state index in [2.05, 4.69) is 5.32 Å². The number of benzene rings is 1. The molecule has 0 bridgehead atoms. The number of carbonyl (C=O) groups excluding carboxylic acids is 1. The van der Waals surface area contributed by atoms with Crippen molar-refractivity contribution in [3.8, 4) is 5.75 Å². The highest BCUT2D eigenvalue weighted by atomic mass is 19.1. The summed E-state index contributed by atoms with van der Waals surface area (Å²) in [6.45, 7) is 3.06. The molecule has 0 fully saturated rings. The summed E-state index contributed by atoms with van der Waals surface area (Å²) in [5, 5.41) is 2.55. The molecule has 0 saturated heterocycles. The number of rotatable bonds is 1. The molecule has 2 rings (SSSR count). The van der Waals surface area contributed by atoms with Crippen molar-refractivity contribution in [1.29, 1.82) is 0 Å². The Hall–Kier alpha value is -1.58. The van der Waals surface area contributed by atoms with E-state index in [9.17, 15) is 9.18 Å². The van der Waals surface area contributed by atoms with E-state index in [0.29, 0.717) is 11.4 Å². The molecular weight excluding hydrogens is 197 g/mol. The van der Waals surface area contributed by atoms with Crippen molar-refractivity contribution < 1.29 is 13.9 Å². The van der Waals surface area contributed by atoms with Gasteiger partial charge in [0.2, 0.25) is 0 Å². The zero-order valence-electron chi connectivity index (χ0n) is 8.58. The summed E-state index contributed by atoms with van der Waals surface area (Å²) >= 11 is 0. The Morgan fingerprint density at radius 1 is 1.40 bits per heavy atom. The maximum Gasteiger partial charge on any atom is 0.275 e. The van der Waals surface area contributed by atoms with Crippen LogP contribution in [-0.2, 0) is 4.79 Å². The lowest BCUT2D eigenvalue weighted by Gasteiger charge is -2.42. The first-order valence-corrected chi connectivity index (χ1v) is 4.70. The van der Waals surface area contributed by atoms with Crippen molar-refractivity contribution in [3.63, 3.8) is 0 Å². The zero-order chi connectivity index (χ0) is 11.1. The highest BCUT2D eigenvalue weighted by Gasteiger charge is 2.51. The molecule has 1 aliphatic rings. The SMILES string of the molecule is CC1(C)Oc2ccccc2NC1(F)C=O. The maximum atomic E-state index is 14.2. The van der Waals surface area contributed by atoms with Gasteiger partial charge in [-0.1, -0.05) is 12.1 Å². The molecule has 1 aromatic rings. The number of fused-ring (bicyclic) bond motifs is 1. The number of hydrogen-bond acceptors (Lipinski definition) is 3. The zero-order valence-corrected chi connectivity index (χ0v) is 8.58. The Bertz CT molecular complexity index is 405. The van der Waals surface area contributed by atoms with Crippen LogP contribution in [0.2, 0.25) is 0 Å². The molecule has 1 aliphatic heterocycles. The van der Waals surface area contributed by atoms with Gasteiger partial charge < -0.3 is 10.1 Å². The average molecular weight is 209 g/mol. The number of aldehydes is 1. The number of hydrogen-bond donors (Lipinski definition) is 1. The summed E-state index contributed by atoms with van der Waals surface area (Å²) in [6.07, 6.45) is 0.239. The second-order valence-corrected chi connectivity index (χ2v) is 4.06. The fourth-order valence-corrected chi connectivity index (χ4v) is 1.53. The summed E-state index contributed by atoms with van der Waals surface area (Å²) in [5.74, 6) is -1.64. The number of para-hydroxylation sites is 2. The molecule has 0 amide bonds. The molecule has 1 unspecified atom stereocenters. The largest absolute Gasteiger partial charge is 0.480 e. The molecule has 1 atom stereocenters. The third-order valence-corrected chi connectivity index (χ3v) is 2.61. The second kappa shape index (κ2) is 2.95. The fourth-order valence-electron chi connectivity index (χ4n) is 1.53. The van der Waals surface area contributed by atoms with Crippen LogP contribution in [0.15, 0.2) is 24.3 Å². The first kappa shape index (κ1) is 9.96. The third kappa shape index (κ3) is 1.37. The number of anilines is 1. The Balaban J connectivity index is 2.49. The van der Waals surface area contributed by atoms with E-state index in [-0.39, 0.29) is 6.29 Å². The minimum Gasteiger partial charge on any atom is -0.480 e. The normalized spacial score (nSPS) is 27.1. The van der Waals surface area contributed by atoms with E-state index in [1.54, 1.807) is 24.3 Å². The molecule has 4 heteroatoms. The van der Waals surface area contributed by atoms with Crippen molar-refractivity contribution in [2.24, 2.45) is 0 Å². The summed E-state index contributed by atoms with van der Waals surface area (Å²) in [5.41, 5.74) is -0.727. The Kier molecular flexibility index (Phi) is 1.96. The molecule has 15 heavy (non-hydrogen) atoms. The predicted molar refractivity (Wildman–Crippen MR) is 54.7 cm³/mol. The lowest BCUT2D eigenvalue weighted by Crippen LogP contribution is -2.59. The van der Waals surface area contributed by atoms with Crippen molar-refractivity contribution in [1.82, 2.24) is 0 Å². The minimum absolute atomic E-state index is 0.239. The molecule has 3 nitrogen and oxygen atoms in total. The summed E-state index contributed by atoms with van der Waals surface area (Å²) < 4.78 is 19.6. The molecule has 0 aromatic heterocycles. The average Bonchev–Trinajstić information content (AvgIpc) is 2.19. The van der Waals surface area contributed by atoms with Gasteiger partial charge in [-0.3, -0.25) is 4.79 Å². The van der Waals surface area contributed by atoms with Gasteiger partial charge in [0.1, 0.15) is 5.75 Å². The topological polar surface area (TPSA) is 38.3 Å². The van der Waals surface area contributed by atoms with E-state index in [4.69, 9.17) is 4.74 Å². The van der Waals surface area contributed by atoms with Gasteiger partial charge >= 0.3 is 0 Å². The fraction of sp³-hybridized carbons (Fsp3) is 0.364. The number of alkyl halides is 1. The summed E-state index contributed by atoms with van der Waals surface area (Å²) in [7, 11) is 0. The lowest BCUT2D eigenvalue weighted by molar-refractivity contribution is -0.129. The minimum atomic E-state index is -2.19. The van der Waals surface area contributed by atoms with Crippen LogP contribution < -0.4 is 10.1 Å². The Labute approximate surface area is 87.2 Å². The van der Waals surface area contributed by atoms with Crippen LogP contribution in [0.4, 0.5) is 10.1 Å². The molecule has 1 N–H and O–H groups in total. The van der Waals surface area contributed by atoms with E-state index in [0.717, 1.165) is 0 Å². The van der Waals surface area contributed by atoms with Crippen LogP contribution in [0.5, 0.6) is 5.75 Å². The second-order valence-electron chi connectivity index (χ2n) is 4.06. The quantitative estimate of drug-likeness (QED) is 0.568. The molecule has 0 aliphatic carbocycles. The van der Waals surface area contributed by atoms with Gasteiger partial charge in [0.15, 0.2) is 11.9 Å². The van der Waals surface area contributed by atoms with Crippen LogP contribution in [0, 0.1) is 0 Å². The standard InChI is InChI=1S/C11H12FNO2/c1-10(2)11(12,7-14)13-8-5-3-4-6-9(8)15-10/h3-7,13H,1-2H3. The maximum absolute atomic E-state index is 14.2. The monoisotopic (exact) mass is 209 g/mol. The number of carbonyl (C=O) groups is 1. The summed E-state index contributed by atoms with van der Waals surface area (Å²) in [6, 6.07) is 6.94. The van der Waals surface area contributed by atoms with Gasteiger partial charge in [0, 0.05) is 0 Å². The van der Waals surface area contributed by atoms with Crippen molar-refractivity contribution >= 4 is 12.0 Å². The summed E-state index contributed by atoms with van der Waals surface area (Å²) in [4.78, 5) is 10.8. The molecule has 1 aromatic carbocycles. The van der Waals surface area contributed by atoms with Crippen molar-refractivity contribution in [3.05, 3.63) is 24.3 Å². The van der Waals surface area contributed by atoms with E-state index >= 15 is 0 Å². The lowest BCUT2D eigenvalue weighted by atomic mass is 9.94. The number of ether oxygens (including phenoxy) is 1. The molecule has 0 radical (unpaired) electrons. The van der Waals surface area contributed by atoms with Crippen LogP contribution in [0.3, 0.4) is 0 Å². The molecule has 0 saturated carbocycles. The predicted octanol–water partition coefficient (Wildman–Crippen LogP) is 2.13. The van der Waals surface area contributed by atoms with E-state index in [1.165, 1.54) is 13.8 Å². The van der Waals surface area contributed by atoms with Crippen molar-refractivity contribution in [2.45, 2.75) is 25.2 Å². The van der Waals surface area contributed by atoms with Crippen LogP contribution >= 0.6 is 0 Å². The Morgan fingerprint density at radius 2 is 2.07 bits per heavy atom. The smallest absolute Gasteiger partial charge is 0.275 e. The highest BCUT2D eigenvalue weighted by molar-refractivity contribution is 5.74. The Morgan fingerprint density at radius 3 is 2.73 bits per heavy atom. The van der Waals surface area contributed by atoms with Gasteiger partial charge in [-0.2, -0.15) is 0 Å². The third-order valence-electron chi connectivity index (χ3n) is 2.61. The van der Waals surface area contributed by atoms with E-state index < -0.39 is 11.4 Å². The van der Waals surface area contributed by atoms with Crippen molar-refractivity contribution in [2.75, 3.05) is 5.32 Å². The molecule has 1 heterocycles. The first-order chi connectivity index (χ1) is 6.98. The van der Waals surface area contributed by atoms with Gasteiger partial charge in [-0.15, -0.1) is 0 Å². The molecular formula is C11H12FNO2. The van der Waals surface area contributed by atoms with Crippen LogP contribution in [0.25, 0.3) is 0 Å².